The fourth-order valence-corrected chi connectivity index (χ4v) is 3.71. The molecule has 0 saturated heterocycles. The normalized spacial score (nSPS) is 12.4. The lowest BCUT2D eigenvalue weighted by Gasteiger charge is -2.11. The third-order valence-electron chi connectivity index (χ3n) is 4.73. The average molecular weight is 396 g/mol. The highest BCUT2D eigenvalue weighted by Gasteiger charge is 2.11. The molecular formula is C22H25N3O2S. The number of methoxy groups -OCH3 is 2. The van der Waals surface area contributed by atoms with Gasteiger partial charge in [0.25, 0.3) is 0 Å². The molecule has 0 atom stereocenters. The largest absolute Gasteiger partial charge is 0.493 e. The van der Waals surface area contributed by atoms with Crippen molar-refractivity contribution in [3.05, 3.63) is 63.3 Å². The summed E-state index contributed by atoms with van der Waals surface area (Å²) >= 11 is 1.58. The minimum Gasteiger partial charge on any atom is -0.493 e. The first-order chi connectivity index (χ1) is 13.5. The third-order valence-corrected chi connectivity index (χ3v) is 5.64. The molecule has 3 aromatic rings. The van der Waals surface area contributed by atoms with Crippen molar-refractivity contribution in [2.24, 2.45) is 10.1 Å². The summed E-state index contributed by atoms with van der Waals surface area (Å²) in [6, 6.07) is 12.3. The van der Waals surface area contributed by atoms with Gasteiger partial charge in [0.2, 0.25) is 4.80 Å². The van der Waals surface area contributed by atoms with Crippen LogP contribution in [-0.4, -0.2) is 31.7 Å². The van der Waals surface area contributed by atoms with Crippen LogP contribution in [0.2, 0.25) is 0 Å². The SMILES string of the molecule is CN=c1scc(-c2ccc(C)c(C)c2)n1N=C(C)c1ccc(OC)c(OC)c1. The molecule has 0 amide bonds. The number of rotatable bonds is 5. The smallest absolute Gasteiger partial charge is 0.205 e. The van der Waals surface area contributed by atoms with E-state index in [-0.39, 0.29) is 0 Å². The molecule has 6 heteroatoms. The van der Waals surface area contributed by atoms with E-state index in [0.29, 0.717) is 11.5 Å². The van der Waals surface area contributed by atoms with Gasteiger partial charge in [-0.25, -0.2) is 4.68 Å². The van der Waals surface area contributed by atoms with Crippen molar-refractivity contribution in [3.63, 3.8) is 0 Å². The summed E-state index contributed by atoms with van der Waals surface area (Å²) in [5.41, 5.74) is 6.50. The molecule has 0 bridgehead atoms. The maximum Gasteiger partial charge on any atom is 0.205 e. The second-order valence-electron chi connectivity index (χ2n) is 6.49. The fourth-order valence-electron chi connectivity index (χ4n) is 2.92. The molecule has 0 aliphatic heterocycles. The van der Waals surface area contributed by atoms with Crippen LogP contribution in [0.15, 0.2) is 51.9 Å². The van der Waals surface area contributed by atoms with Crippen LogP contribution < -0.4 is 14.3 Å². The van der Waals surface area contributed by atoms with Crippen molar-refractivity contribution in [2.45, 2.75) is 20.8 Å². The maximum absolute atomic E-state index is 5.42. The van der Waals surface area contributed by atoms with Gasteiger partial charge in [-0.2, -0.15) is 5.10 Å². The standard InChI is InChI=1S/C22H25N3O2S/c1-14-7-8-18(11-15(14)2)19-13-28-22(23-4)25(19)24-16(3)17-9-10-20(26-5)21(12-17)27-6/h7-13H,1-6H3. The Balaban J connectivity index is 2.11. The summed E-state index contributed by atoms with van der Waals surface area (Å²) < 4.78 is 12.7. The number of aryl methyl sites for hydroxylation is 2. The van der Waals surface area contributed by atoms with Crippen molar-refractivity contribution in [3.8, 4) is 22.8 Å². The second kappa shape index (κ2) is 8.44. The first kappa shape index (κ1) is 19.9. The van der Waals surface area contributed by atoms with Gasteiger partial charge in [-0.1, -0.05) is 12.1 Å². The molecule has 0 radical (unpaired) electrons. The van der Waals surface area contributed by atoms with E-state index < -0.39 is 0 Å². The first-order valence-electron chi connectivity index (χ1n) is 8.97. The summed E-state index contributed by atoms with van der Waals surface area (Å²) in [6.45, 7) is 6.22. The molecule has 2 aromatic carbocycles. The molecule has 0 aliphatic carbocycles. The zero-order valence-corrected chi connectivity index (χ0v) is 17.9. The van der Waals surface area contributed by atoms with E-state index in [1.807, 2.05) is 29.8 Å². The molecule has 0 saturated carbocycles. The highest BCUT2D eigenvalue weighted by molar-refractivity contribution is 7.07. The highest BCUT2D eigenvalue weighted by atomic mass is 32.1. The average Bonchev–Trinajstić information content (AvgIpc) is 3.11. The zero-order valence-electron chi connectivity index (χ0n) is 17.1. The number of nitrogens with zero attached hydrogens (tertiary/aromatic N) is 3. The van der Waals surface area contributed by atoms with E-state index in [2.05, 4.69) is 42.4 Å². The monoisotopic (exact) mass is 395 g/mol. The summed E-state index contributed by atoms with van der Waals surface area (Å²) in [5.74, 6) is 1.38. The van der Waals surface area contributed by atoms with Crippen molar-refractivity contribution in [1.29, 1.82) is 0 Å². The van der Waals surface area contributed by atoms with Gasteiger partial charge < -0.3 is 9.47 Å². The molecule has 0 fully saturated rings. The molecule has 5 nitrogen and oxygen atoms in total. The number of hydrogen-bond acceptors (Lipinski definition) is 5. The van der Waals surface area contributed by atoms with Gasteiger partial charge in [-0.15, -0.1) is 11.3 Å². The topological polar surface area (TPSA) is 48.1 Å². The van der Waals surface area contributed by atoms with Gasteiger partial charge in [0, 0.05) is 23.6 Å². The molecule has 1 heterocycles. The predicted octanol–water partition coefficient (Wildman–Crippen LogP) is 4.65. The van der Waals surface area contributed by atoms with Crippen LogP contribution in [0.4, 0.5) is 0 Å². The molecule has 3 rings (SSSR count). The van der Waals surface area contributed by atoms with Crippen LogP contribution in [0.5, 0.6) is 11.5 Å². The van der Waals surface area contributed by atoms with E-state index in [9.17, 15) is 0 Å². The Morgan fingerprint density at radius 2 is 1.71 bits per heavy atom. The Morgan fingerprint density at radius 3 is 2.36 bits per heavy atom. The zero-order chi connectivity index (χ0) is 20.3. The lowest BCUT2D eigenvalue weighted by atomic mass is 10.1. The van der Waals surface area contributed by atoms with Crippen molar-refractivity contribution in [1.82, 2.24) is 4.68 Å². The lowest BCUT2D eigenvalue weighted by Crippen LogP contribution is -2.14. The van der Waals surface area contributed by atoms with E-state index in [0.717, 1.165) is 27.3 Å². The van der Waals surface area contributed by atoms with Crippen LogP contribution in [0.25, 0.3) is 11.3 Å². The summed E-state index contributed by atoms with van der Waals surface area (Å²) in [7, 11) is 5.05. The minimum absolute atomic E-state index is 0.680. The second-order valence-corrected chi connectivity index (χ2v) is 7.33. The molecule has 0 unspecified atom stereocenters. The molecule has 28 heavy (non-hydrogen) atoms. The van der Waals surface area contributed by atoms with Crippen LogP contribution in [0, 0.1) is 13.8 Å². The van der Waals surface area contributed by atoms with Crippen molar-refractivity contribution in [2.75, 3.05) is 21.3 Å². The Bertz CT molecular complexity index is 1090. The Morgan fingerprint density at radius 1 is 0.964 bits per heavy atom. The first-order valence-corrected chi connectivity index (χ1v) is 9.85. The maximum atomic E-state index is 5.42. The van der Waals surface area contributed by atoms with Gasteiger partial charge in [0.05, 0.1) is 25.6 Å². The Labute approximate surface area is 169 Å². The number of hydrogen-bond donors (Lipinski definition) is 0. The van der Waals surface area contributed by atoms with E-state index >= 15 is 0 Å². The van der Waals surface area contributed by atoms with E-state index in [1.54, 1.807) is 32.6 Å². The molecule has 0 aliphatic rings. The van der Waals surface area contributed by atoms with Gasteiger partial charge >= 0.3 is 0 Å². The number of thiazole rings is 1. The summed E-state index contributed by atoms with van der Waals surface area (Å²) in [4.78, 5) is 5.23. The van der Waals surface area contributed by atoms with Crippen LogP contribution in [-0.2, 0) is 0 Å². The summed E-state index contributed by atoms with van der Waals surface area (Å²) in [5, 5.41) is 6.97. The quantitative estimate of drug-likeness (QED) is 0.590. The van der Waals surface area contributed by atoms with Gasteiger partial charge in [-0.05, 0) is 56.2 Å². The van der Waals surface area contributed by atoms with Crippen LogP contribution >= 0.6 is 11.3 Å². The van der Waals surface area contributed by atoms with Crippen LogP contribution in [0.3, 0.4) is 0 Å². The molecule has 1 aromatic heterocycles. The fraction of sp³-hybridized carbons (Fsp3) is 0.273. The van der Waals surface area contributed by atoms with Crippen molar-refractivity contribution >= 4 is 17.0 Å². The predicted molar refractivity (Wildman–Crippen MR) is 116 cm³/mol. The van der Waals surface area contributed by atoms with Gasteiger partial charge in [-0.3, -0.25) is 4.99 Å². The Kier molecular flexibility index (Phi) is 5.99. The summed E-state index contributed by atoms with van der Waals surface area (Å²) in [6.07, 6.45) is 0. The number of aromatic nitrogens is 1. The third kappa shape index (κ3) is 3.87. The number of ether oxygens (including phenoxy) is 2. The van der Waals surface area contributed by atoms with Gasteiger partial charge in [0.1, 0.15) is 0 Å². The minimum atomic E-state index is 0.680. The lowest BCUT2D eigenvalue weighted by molar-refractivity contribution is 0.355. The Hall–Kier alpha value is -2.86. The molecule has 146 valence electrons. The van der Waals surface area contributed by atoms with E-state index in [4.69, 9.17) is 14.6 Å². The number of benzene rings is 2. The molecular weight excluding hydrogens is 370 g/mol. The molecule has 0 N–H and O–H groups in total. The van der Waals surface area contributed by atoms with Gasteiger partial charge in [0.15, 0.2) is 11.5 Å². The van der Waals surface area contributed by atoms with Crippen LogP contribution in [0.1, 0.15) is 23.6 Å². The van der Waals surface area contributed by atoms with E-state index in [1.165, 1.54) is 11.1 Å². The highest BCUT2D eigenvalue weighted by Crippen LogP contribution is 2.28. The van der Waals surface area contributed by atoms with Crippen molar-refractivity contribution < 1.29 is 9.47 Å². The molecule has 0 spiro atoms.